The molecule has 0 radical (unpaired) electrons. The zero-order valence-electron chi connectivity index (χ0n) is 10.7. The topological polar surface area (TPSA) is 65.9 Å². The number of benzene rings is 1. The van der Waals surface area contributed by atoms with Crippen molar-refractivity contribution in [3.63, 3.8) is 0 Å². The molecule has 0 saturated carbocycles. The molecule has 19 heavy (non-hydrogen) atoms. The van der Waals surface area contributed by atoms with Crippen LogP contribution in [-0.4, -0.2) is 17.6 Å². The molecule has 0 spiro atoms. The van der Waals surface area contributed by atoms with E-state index in [2.05, 4.69) is 11.1 Å². The SMILES string of the molecule is CCOC(=O)c1[nH]c2cc(Cl)c(C)cc2c1CC#N. The summed E-state index contributed by atoms with van der Waals surface area (Å²) in [5.74, 6) is -0.447. The van der Waals surface area contributed by atoms with E-state index in [9.17, 15) is 4.79 Å². The van der Waals surface area contributed by atoms with Crippen LogP contribution in [0, 0.1) is 18.3 Å². The monoisotopic (exact) mass is 276 g/mol. The molecule has 1 heterocycles. The molecule has 0 aliphatic carbocycles. The molecule has 5 heteroatoms. The lowest BCUT2D eigenvalue weighted by Crippen LogP contribution is -2.07. The standard InChI is InChI=1S/C14H13ClN2O2/c1-3-19-14(18)13-9(4-5-16)10-6-8(2)11(15)7-12(10)17-13/h6-7,17H,3-4H2,1-2H3. The van der Waals surface area contributed by atoms with Crippen LogP contribution in [0.2, 0.25) is 5.02 Å². The molecule has 0 amide bonds. The molecule has 0 atom stereocenters. The minimum absolute atomic E-state index is 0.148. The number of halogens is 1. The van der Waals surface area contributed by atoms with E-state index in [1.165, 1.54) is 0 Å². The smallest absolute Gasteiger partial charge is 0.355 e. The Hall–Kier alpha value is -1.99. The third kappa shape index (κ3) is 2.42. The number of H-pyrrole nitrogens is 1. The quantitative estimate of drug-likeness (QED) is 0.874. The maximum atomic E-state index is 11.9. The van der Waals surface area contributed by atoms with E-state index in [-0.39, 0.29) is 6.42 Å². The fourth-order valence-corrected chi connectivity index (χ4v) is 2.18. The number of hydrogen-bond donors (Lipinski definition) is 1. The molecule has 0 bridgehead atoms. The molecule has 1 aromatic heterocycles. The van der Waals surface area contributed by atoms with E-state index in [0.29, 0.717) is 22.9 Å². The number of aryl methyl sites for hydroxylation is 1. The summed E-state index contributed by atoms with van der Waals surface area (Å²) in [6.07, 6.45) is 0.148. The molecule has 1 N–H and O–H groups in total. The molecule has 1 aromatic carbocycles. The van der Waals surface area contributed by atoms with Gasteiger partial charge in [-0.2, -0.15) is 5.26 Å². The van der Waals surface area contributed by atoms with Gasteiger partial charge in [0.25, 0.3) is 0 Å². The average Bonchev–Trinajstić information content (AvgIpc) is 2.70. The van der Waals surface area contributed by atoms with Crippen LogP contribution in [-0.2, 0) is 11.2 Å². The van der Waals surface area contributed by atoms with Crippen molar-refractivity contribution in [2.75, 3.05) is 6.61 Å². The number of aromatic amines is 1. The Balaban J connectivity index is 2.67. The van der Waals surface area contributed by atoms with Crippen LogP contribution >= 0.6 is 11.6 Å². The largest absolute Gasteiger partial charge is 0.461 e. The van der Waals surface area contributed by atoms with E-state index < -0.39 is 5.97 Å². The third-order valence-corrected chi connectivity index (χ3v) is 3.33. The van der Waals surface area contributed by atoms with Crippen LogP contribution in [0.4, 0.5) is 0 Å². The zero-order valence-corrected chi connectivity index (χ0v) is 11.5. The first-order valence-electron chi connectivity index (χ1n) is 5.93. The van der Waals surface area contributed by atoms with Crippen LogP contribution in [0.25, 0.3) is 10.9 Å². The van der Waals surface area contributed by atoms with Gasteiger partial charge >= 0.3 is 5.97 Å². The normalized spacial score (nSPS) is 10.4. The number of nitrogens with one attached hydrogen (secondary N) is 1. The van der Waals surface area contributed by atoms with E-state index >= 15 is 0 Å². The second kappa shape index (κ2) is 5.33. The van der Waals surface area contributed by atoms with Crippen LogP contribution in [0.15, 0.2) is 12.1 Å². The molecule has 0 aliphatic heterocycles. The number of aromatic nitrogens is 1. The van der Waals surface area contributed by atoms with Crippen LogP contribution in [0.3, 0.4) is 0 Å². The van der Waals surface area contributed by atoms with E-state index in [4.69, 9.17) is 21.6 Å². The van der Waals surface area contributed by atoms with E-state index in [1.807, 2.05) is 13.0 Å². The molecule has 0 fully saturated rings. The molecule has 0 aliphatic rings. The van der Waals surface area contributed by atoms with Gasteiger partial charge in [-0.3, -0.25) is 0 Å². The second-order valence-electron chi connectivity index (χ2n) is 4.18. The number of fused-ring (bicyclic) bond motifs is 1. The Morgan fingerprint density at radius 1 is 1.53 bits per heavy atom. The van der Waals surface area contributed by atoms with Gasteiger partial charge in [-0.25, -0.2) is 4.79 Å². The van der Waals surface area contributed by atoms with Gasteiger partial charge in [0.05, 0.1) is 19.1 Å². The lowest BCUT2D eigenvalue weighted by molar-refractivity contribution is 0.0519. The summed E-state index contributed by atoms with van der Waals surface area (Å²) in [5.41, 5.74) is 2.64. The van der Waals surface area contributed by atoms with Crippen molar-refractivity contribution < 1.29 is 9.53 Å². The van der Waals surface area contributed by atoms with Gasteiger partial charge < -0.3 is 9.72 Å². The minimum Gasteiger partial charge on any atom is -0.461 e. The highest BCUT2D eigenvalue weighted by Gasteiger charge is 2.19. The molecule has 4 nitrogen and oxygen atoms in total. The highest BCUT2D eigenvalue weighted by atomic mass is 35.5. The lowest BCUT2D eigenvalue weighted by atomic mass is 10.1. The van der Waals surface area contributed by atoms with Gasteiger partial charge in [0.15, 0.2) is 0 Å². The van der Waals surface area contributed by atoms with Gasteiger partial charge in [-0.05, 0) is 31.5 Å². The fourth-order valence-electron chi connectivity index (χ4n) is 2.02. The summed E-state index contributed by atoms with van der Waals surface area (Å²) in [5, 5.41) is 10.4. The molecular formula is C14H13ClN2O2. The third-order valence-electron chi connectivity index (χ3n) is 2.92. The first kappa shape index (κ1) is 13.4. The second-order valence-corrected chi connectivity index (χ2v) is 4.59. The number of hydrogen-bond acceptors (Lipinski definition) is 3. The number of carbonyl (C=O) groups excluding carboxylic acids is 1. The predicted octanol–water partition coefficient (Wildman–Crippen LogP) is 3.37. The van der Waals surface area contributed by atoms with Crippen molar-refractivity contribution in [2.24, 2.45) is 0 Å². The molecule has 0 unspecified atom stereocenters. The van der Waals surface area contributed by atoms with Gasteiger partial charge in [0, 0.05) is 21.5 Å². The van der Waals surface area contributed by atoms with Crippen molar-refractivity contribution in [3.05, 3.63) is 34.0 Å². The lowest BCUT2D eigenvalue weighted by Gasteiger charge is -2.01. The number of rotatable bonds is 3. The predicted molar refractivity (Wildman–Crippen MR) is 73.3 cm³/mol. The summed E-state index contributed by atoms with van der Waals surface area (Å²) in [4.78, 5) is 14.9. The van der Waals surface area contributed by atoms with Crippen molar-refractivity contribution in [1.29, 1.82) is 5.26 Å². The highest BCUT2D eigenvalue weighted by molar-refractivity contribution is 6.32. The number of esters is 1. The van der Waals surface area contributed by atoms with Gasteiger partial charge in [0.1, 0.15) is 5.69 Å². The number of nitriles is 1. The Labute approximate surface area is 115 Å². The molecule has 2 rings (SSSR count). The van der Waals surface area contributed by atoms with Crippen molar-refractivity contribution in [2.45, 2.75) is 20.3 Å². The minimum atomic E-state index is -0.447. The Kier molecular flexibility index (Phi) is 3.77. The molecule has 98 valence electrons. The number of nitrogens with zero attached hydrogens (tertiary/aromatic N) is 1. The average molecular weight is 277 g/mol. The zero-order chi connectivity index (χ0) is 14.0. The first-order chi connectivity index (χ1) is 9.08. The number of ether oxygens (including phenoxy) is 1. The maximum Gasteiger partial charge on any atom is 0.355 e. The summed E-state index contributed by atoms with van der Waals surface area (Å²) >= 11 is 6.07. The number of carbonyl (C=O) groups is 1. The van der Waals surface area contributed by atoms with E-state index in [1.54, 1.807) is 13.0 Å². The van der Waals surface area contributed by atoms with Crippen LogP contribution in [0.1, 0.15) is 28.5 Å². The summed E-state index contributed by atoms with van der Waals surface area (Å²) in [6, 6.07) is 5.71. The van der Waals surface area contributed by atoms with Gasteiger partial charge in [0.2, 0.25) is 0 Å². The highest BCUT2D eigenvalue weighted by Crippen LogP contribution is 2.28. The Morgan fingerprint density at radius 3 is 2.89 bits per heavy atom. The molecular weight excluding hydrogens is 264 g/mol. The van der Waals surface area contributed by atoms with Gasteiger partial charge in [-0.15, -0.1) is 0 Å². The van der Waals surface area contributed by atoms with Crippen molar-refractivity contribution >= 4 is 28.5 Å². The summed E-state index contributed by atoms with van der Waals surface area (Å²) in [7, 11) is 0. The van der Waals surface area contributed by atoms with Crippen LogP contribution in [0.5, 0.6) is 0 Å². The van der Waals surface area contributed by atoms with Crippen molar-refractivity contribution in [3.8, 4) is 6.07 Å². The summed E-state index contributed by atoms with van der Waals surface area (Å²) in [6.45, 7) is 3.92. The molecule has 0 saturated heterocycles. The first-order valence-corrected chi connectivity index (χ1v) is 6.31. The molecule has 2 aromatic rings. The fraction of sp³-hybridized carbons (Fsp3) is 0.286. The Morgan fingerprint density at radius 2 is 2.26 bits per heavy atom. The van der Waals surface area contributed by atoms with Gasteiger partial charge in [-0.1, -0.05) is 11.6 Å². The van der Waals surface area contributed by atoms with Crippen molar-refractivity contribution in [1.82, 2.24) is 4.98 Å². The maximum absolute atomic E-state index is 11.9. The van der Waals surface area contributed by atoms with Crippen LogP contribution < -0.4 is 0 Å². The Bertz CT molecular complexity index is 683. The van der Waals surface area contributed by atoms with E-state index in [0.717, 1.165) is 16.5 Å². The summed E-state index contributed by atoms with van der Waals surface area (Å²) < 4.78 is 4.99.